The van der Waals surface area contributed by atoms with Gasteiger partial charge in [-0.05, 0) is 27.1 Å². The first-order valence-corrected chi connectivity index (χ1v) is 7.42. The fourth-order valence-electron chi connectivity index (χ4n) is 2.56. The summed E-state index contributed by atoms with van der Waals surface area (Å²) >= 11 is 0. The minimum Gasteiger partial charge on any atom is -0.0984 e. The molecule has 0 fully saturated rings. The van der Waals surface area contributed by atoms with Crippen LogP contribution in [0.2, 0.25) is 0 Å². The molecule has 0 nitrogen and oxygen atoms in total. The summed E-state index contributed by atoms with van der Waals surface area (Å²) in [6.45, 7) is 3.78. The minimum absolute atomic E-state index is 1.20. The highest BCUT2D eigenvalue weighted by molar-refractivity contribution is 5.90. The second kappa shape index (κ2) is 6.73. The first-order valence-electron chi connectivity index (χ1n) is 7.42. The lowest BCUT2D eigenvalue weighted by Crippen LogP contribution is -1.75. The van der Waals surface area contributed by atoms with Gasteiger partial charge in [0.15, 0.2) is 0 Å². The number of hydrogen-bond donors (Lipinski definition) is 0. The van der Waals surface area contributed by atoms with Crippen LogP contribution in [-0.4, -0.2) is 0 Å². The molecule has 106 valence electrons. The second-order valence-electron chi connectivity index (χ2n) is 5.12. The van der Waals surface area contributed by atoms with Gasteiger partial charge in [0.1, 0.15) is 0 Å². The SMILES string of the molecule is C=Cc1cccc2ccccc12.c1ccc2ccccc2c1. The standard InChI is InChI=1S/C12H10.C10H8/c1-2-10-7-5-8-11-6-3-4-9-12(10)11;1-2-6-10-8-4-3-7-9(10)5-1/h2-9H,1H2;1-8H. The Hall–Kier alpha value is -2.86. The van der Waals surface area contributed by atoms with Crippen LogP contribution in [0.1, 0.15) is 5.56 Å². The van der Waals surface area contributed by atoms with Gasteiger partial charge in [-0.1, -0.05) is 104 Å². The van der Waals surface area contributed by atoms with Crippen LogP contribution in [-0.2, 0) is 0 Å². The summed E-state index contributed by atoms with van der Waals surface area (Å²) in [6, 6.07) is 31.3. The maximum Gasteiger partial charge on any atom is -0.0112 e. The zero-order valence-electron chi connectivity index (χ0n) is 12.4. The maximum atomic E-state index is 3.78. The Bertz CT molecular complexity index is 833. The van der Waals surface area contributed by atoms with Gasteiger partial charge in [0.2, 0.25) is 0 Å². The number of rotatable bonds is 1. The zero-order chi connectivity index (χ0) is 15.2. The summed E-state index contributed by atoms with van der Waals surface area (Å²) in [6.07, 6.45) is 1.89. The second-order valence-corrected chi connectivity index (χ2v) is 5.12. The van der Waals surface area contributed by atoms with Crippen molar-refractivity contribution >= 4 is 27.6 Å². The van der Waals surface area contributed by atoms with E-state index in [4.69, 9.17) is 0 Å². The monoisotopic (exact) mass is 282 g/mol. The van der Waals surface area contributed by atoms with Crippen LogP contribution in [0, 0.1) is 0 Å². The van der Waals surface area contributed by atoms with Crippen LogP contribution in [0.25, 0.3) is 27.6 Å². The summed E-state index contributed by atoms with van der Waals surface area (Å²) in [7, 11) is 0. The Morgan fingerprint density at radius 2 is 0.955 bits per heavy atom. The zero-order valence-corrected chi connectivity index (χ0v) is 12.4. The molecule has 0 saturated carbocycles. The highest BCUT2D eigenvalue weighted by Crippen LogP contribution is 2.18. The van der Waals surface area contributed by atoms with Crippen molar-refractivity contribution in [3.05, 3.63) is 103 Å². The third kappa shape index (κ3) is 3.07. The molecule has 0 heteroatoms. The first kappa shape index (κ1) is 14.1. The van der Waals surface area contributed by atoms with Crippen molar-refractivity contribution in [1.82, 2.24) is 0 Å². The summed E-state index contributed by atoms with van der Waals surface area (Å²) in [5.41, 5.74) is 1.20. The fourth-order valence-corrected chi connectivity index (χ4v) is 2.56. The van der Waals surface area contributed by atoms with E-state index >= 15 is 0 Å². The van der Waals surface area contributed by atoms with E-state index in [2.05, 4.69) is 97.6 Å². The van der Waals surface area contributed by atoms with Crippen molar-refractivity contribution in [3.8, 4) is 0 Å². The lowest BCUT2D eigenvalue weighted by atomic mass is 10.1. The van der Waals surface area contributed by atoms with Gasteiger partial charge >= 0.3 is 0 Å². The van der Waals surface area contributed by atoms with Gasteiger partial charge in [-0.2, -0.15) is 0 Å². The Kier molecular flexibility index (Phi) is 4.31. The van der Waals surface area contributed by atoms with E-state index < -0.39 is 0 Å². The van der Waals surface area contributed by atoms with Crippen LogP contribution in [0.15, 0.2) is 97.6 Å². The van der Waals surface area contributed by atoms with Crippen molar-refractivity contribution in [2.24, 2.45) is 0 Å². The van der Waals surface area contributed by atoms with Gasteiger partial charge in [0.05, 0.1) is 0 Å². The van der Waals surface area contributed by atoms with Crippen LogP contribution < -0.4 is 0 Å². The molecule has 4 aromatic rings. The Morgan fingerprint density at radius 1 is 0.500 bits per heavy atom. The number of hydrogen-bond acceptors (Lipinski definition) is 0. The third-order valence-electron chi connectivity index (χ3n) is 3.70. The van der Waals surface area contributed by atoms with Gasteiger partial charge in [-0.25, -0.2) is 0 Å². The summed E-state index contributed by atoms with van der Waals surface area (Å²) in [4.78, 5) is 0. The van der Waals surface area contributed by atoms with Crippen LogP contribution in [0.3, 0.4) is 0 Å². The van der Waals surface area contributed by atoms with E-state index in [1.54, 1.807) is 0 Å². The molecule has 0 N–H and O–H groups in total. The van der Waals surface area contributed by atoms with Gasteiger partial charge < -0.3 is 0 Å². The summed E-state index contributed by atoms with van der Waals surface area (Å²) < 4.78 is 0. The smallest absolute Gasteiger partial charge is 0.0112 e. The van der Waals surface area contributed by atoms with Crippen LogP contribution in [0.5, 0.6) is 0 Å². The van der Waals surface area contributed by atoms with E-state index in [0.717, 1.165) is 0 Å². The molecule has 0 spiro atoms. The Labute approximate surface area is 131 Å². The van der Waals surface area contributed by atoms with Crippen molar-refractivity contribution in [1.29, 1.82) is 0 Å². The summed E-state index contributed by atoms with van der Waals surface area (Å²) in [5.74, 6) is 0. The predicted molar refractivity (Wildman–Crippen MR) is 98.0 cm³/mol. The van der Waals surface area contributed by atoms with Gasteiger partial charge in [-0.15, -0.1) is 0 Å². The molecule has 0 aliphatic rings. The molecule has 0 heterocycles. The largest absolute Gasteiger partial charge is 0.0984 e. The molecular formula is C22H18. The molecule has 4 rings (SSSR count). The van der Waals surface area contributed by atoms with E-state index in [1.165, 1.54) is 27.1 Å². The van der Waals surface area contributed by atoms with Crippen molar-refractivity contribution in [2.45, 2.75) is 0 Å². The quantitative estimate of drug-likeness (QED) is 0.383. The van der Waals surface area contributed by atoms with E-state index in [0.29, 0.717) is 0 Å². The van der Waals surface area contributed by atoms with Crippen molar-refractivity contribution in [2.75, 3.05) is 0 Å². The lowest BCUT2D eigenvalue weighted by molar-refractivity contribution is 1.72. The molecule has 4 aromatic carbocycles. The average Bonchev–Trinajstić information content (AvgIpc) is 2.62. The molecule has 0 aliphatic carbocycles. The first-order chi connectivity index (χ1) is 10.9. The Morgan fingerprint density at radius 3 is 1.50 bits per heavy atom. The molecule has 22 heavy (non-hydrogen) atoms. The minimum atomic E-state index is 1.20. The number of fused-ring (bicyclic) bond motifs is 2. The normalized spacial score (nSPS) is 10.0. The molecule has 0 unspecified atom stereocenters. The molecule has 0 aliphatic heterocycles. The van der Waals surface area contributed by atoms with Crippen molar-refractivity contribution < 1.29 is 0 Å². The van der Waals surface area contributed by atoms with Crippen molar-refractivity contribution in [3.63, 3.8) is 0 Å². The maximum absolute atomic E-state index is 3.78. The molecule has 0 amide bonds. The molecule has 0 aromatic heterocycles. The third-order valence-corrected chi connectivity index (χ3v) is 3.70. The van der Waals surface area contributed by atoms with E-state index in [-0.39, 0.29) is 0 Å². The molecular weight excluding hydrogens is 264 g/mol. The predicted octanol–water partition coefficient (Wildman–Crippen LogP) is 6.32. The van der Waals surface area contributed by atoms with Crippen LogP contribution in [0.4, 0.5) is 0 Å². The summed E-state index contributed by atoms with van der Waals surface area (Å²) in [5, 5.41) is 5.17. The topological polar surface area (TPSA) is 0 Å². The number of benzene rings is 4. The molecule has 0 saturated heterocycles. The molecule has 0 atom stereocenters. The van der Waals surface area contributed by atoms with E-state index in [9.17, 15) is 0 Å². The van der Waals surface area contributed by atoms with E-state index in [1.807, 2.05) is 6.08 Å². The molecule has 0 bridgehead atoms. The highest BCUT2D eigenvalue weighted by atomic mass is 14.0. The van der Waals surface area contributed by atoms with Crippen LogP contribution >= 0.6 is 0 Å². The van der Waals surface area contributed by atoms with Gasteiger partial charge in [0.25, 0.3) is 0 Å². The fraction of sp³-hybridized carbons (Fsp3) is 0. The molecule has 0 radical (unpaired) electrons. The highest BCUT2D eigenvalue weighted by Gasteiger charge is 1.93. The Balaban J connectivity index is 0.000000133. The van der Waals surface area contributed by atoms with Gasteiger partial charge in [-0.3, -0.25) is 0 Å². The average molecular weight is 282 g/mol. The van der Waals surface area contributed by atoms with Gasteiger partial charge in [0, 0.05) is 0 Å². The lowest BCUT2D eigenvalue weighted by Gasteiger charge is -1.99.